The molecular formula is C32H38ClN3O5S. The number of hydrogen-bond donors (Lipinski definition) is 1. The molecule has 3 aromatic rings. The summed E-state index contributed by atoms with van der Waals surface area (Å²) in [5.41, 5.74) is 0.962. The second kappa shape index (κ2) is 14.6. The molecule has 1 fully saturated rings. The van der Waals surface area contributed by atoms with Crippen molar-refractivity contribution in [3.63, 3.8) is 0 Å². The molecule has 1 atom stereocenters. The fourth-order valence-corrected chi connectivity index (χ4v) is 6.90. The number of ether oxygens (including phenoxy) is 1. The zero-order chi connectivity index (χ0) is 30.1. The monoisotopic (exact) mass is 611 g/mol. The Labute approximate surface area is 253 Å². The van der Waals surface area contributed by atoms with Gasteiger partial charge in [0.15, 0.2) is 0 Å². The molecule has 0 heterocycles. The predicted molar refractivity (Wildman–Crippen MR) is 165 cm³/mol. The van der Waals surface area contributed by atoms with Gasteiger partial charge in [-0.15, -0.1) is 0 Å². The summed E-state index contributed by atoms with van der Waals surface area (Å²) < 4.78 is 34.2. The number of sulfonamides is 1. The predicted octanol–water partition coefficient (Wildman–Crippen LogP) is 5.80. The molecule has 1 saturated carbocycles. The second-order valence-corrected chi connectivity index (χ2v) is 12.7. The van der Waals surface area contributed by atoms with Gasteiger partial charge in [0.2, 0.25) is 11.8 Å². The van der Waals surface area contributed by atoms with Gasteiger partial charge < -0.3 is 15.0 Å². The van der Waals surface area contributed by atoms with E-state index in [4.69, 9.17) is 16.3 Å². The third-order valence-corrected chi connectivity index (χ3v) is 9.76. The summed E-state index contributed by atoms with van der Waals surface area (Å²) in [5.74, 6) is -0.212. The maximum atomic E-state index is 14.2. The Balaban J connectivity index is 1.70. The number of hydrogen-bond acceptors (Lipinski definition) is 5. The third kappa shape index (κ3) is 7.63. The van der Waals surface area contributed by atoms with E-state index in [1.807, 2.05) is 13.0 Å². The highest BCUT2D eigenvalue weighted by molar-refractivity contribution is 7.92. The van der Waals surface area contributed by atoms with Crippen molar-refractivity contribution in [2.75, 3.05) is 18.0 Å². The molecule has 2 amide bonds. The maximum absolute atomic E-state index is 14.2. The van der Waals surface area contributed by atoms with Crippen LogP contribution in [-0.2, 0) is 26.2 Å². The Morgan fingerprint density at radius 3 is 2.21 bits per heavy atom. The summed E-state index contributed by atoms with van der Waals surface area (Å²) in [6.45, 7) is 1.39. The first-order valence-corrected chi connectivity index (χ1v) is 16.1. The lowest BCUT2D eigenvalue weighted by Gasteiger charge is -2.34. The molecular weight excluding hydrogens is 574 g/mol. The molecule has 0 aliphatic heterocycles. The maximum Gasteiger partial charge on any atom is 0.264 e. The number of rotatable bonds is 12. The van der Waals surface area contributed by atoms with Crippen molar-refractivity contribution in [3.05, 3.63) is 89.4 Å². The number of nitrogens with zero attached hydrogens (tertiary/aromatic N) is 2. The van der Waals surface area contributed by atoms with Crippen LogP contribution >= 0.6 is 11.6 Å². The van der Waals surface area contributed by atoms with Crippen molar-refractivity contribution in [2.45, 2.75) is 69.0 Å². The Bertz CT molecular complexity index is 1440. The molecule has 10 heteroatoms. The molecule has 8 nitrogen and oxygen atoms in total. The van der Waals surface area contributed by atoms with Gasteiger partial charge >= 0.3 is 0 Å². The van der Waals surface area contributed by atoms with Crippen molar-refractivity contribution in [1.82, 2.24) is 10.2 Å². The fourth-order valence-electron chi connectivity index (χ4n) is 5.27. The van der Waals surface area contributed by atoms with Gasteiger partial charge in [-0.05, 0) is 67.3 Å². The van der Waals surface area contributed by atoms with Crippen LogP contribution < -0.4 is 14.4 Å². The lowest BCUT2D eigenvalue weighted by molar-refractivity contribution is -0.140. The van der Waals surface area contributed by atoms with Crippen LogP contribution in [0, 0.1) is 0 Å². The van der Waals surface area contributed by atoms with Crippen molar-refractivity contribution in [1.29, 1.82) is 0 Å². The molecule has 3 aromatic carbocycles. The van der Waals surface area contributed by atoms with Crippen molar-refractivity contribution in [2.24, 2.45) is 0 Å². The number of carbonyl (C=O) groups excluding carboxylic acids is 2. The highest BCUT2D eigenvalue weighted by Crippen LogP contribution is 2.27. The Kier molecular flexibility index (Phi) is 10.9. The first-order chi connectivity index (χ1) is 20.2. The Hall–Kier alpha value is -3.56. The number of methoxy groups -OCH3 is 1. The largest absolute Gasteiger partial charge is 0.497 e. The van der Waals surface area contributed by atoms with E-state index in [-0.39, 0.29) is 23.4 Å². The molecule has 0 aromatic heterocycles. The summed E-state index contributed by atoms with van der Waals surface area (Å²) in [6.07, 6.45) is 5.42. The number of nitrogens with one attached hydrogen (secondary N) is 1. The summed E-state index contributed by atoms with van der Waals surface area (Å²) >= 11 is 6.48. The van der Waals surface area contributed by atoms with Gasteiger partial charge in [0.1, 0.15) is 18.3 Å². The fraction of sp³-hybridized carbons (Fsp3) is 0.375. The van der Waals surface area contributed by atoms with Crippen LogP contribution in [0.1, 0.15) is 51.0 Å². The van der Waals surface area contributed by atoms with Crippen LogP contribution in [0.5, 0.6) is 5.75 Å². The van der Waals surface area contributed by atoms with E-state index in [0.717, 1.165) is 36.4 Å². The van der Waals surface area contributed by atoms with Crippen LogP contribution in [0.15, 0.2) is 83.8 Å². The molecule has 0 spiro atoms. The van der Waals surface area contributed by atoms with Gasteiger partial charge in [-0.2, -0.15) is 0 Å². The highest BCUT2D eigenvalue weighted by atomic mass is 35.5. The first-order valence-electron chi connectivity index (χ1n) is 14.3. The SMILES string of the molecule is CC[C@@H](C(=O)NC1CCCCC1)N(Cc1ccccc1Cl)C(=O)CN(c1ccc(OC)cc1)S(=O)(=O)c1ccccc1. The molecule has 0 radical (unpaired) electrons. The van der Waals surface area contributed by atoms with E-state index in [1.165, 1.54) is 24.1 Å². The zero-order valence-corrected chi connectivity index (χ0v) is 25.6. The molecule has 0 bridgehead atoms. The first kappa shape index (κ1) is 31.4. The quantitative estimate of drug-likeness (QED) is 0.279. The molecule has 1 aliphatic rings. The van der Waals surface area contributed by atoms with E-state index >= 15 is 0 Å². The van der Waals surface area contributed by atoms with E-state index in [2.05, 4.69) is 5.32 Å². The van der Waals surface area contributed by atoms with Crippen molar-refractivity contribution < 1.29 is 22.7 Å². The van der Waals surface area contributed by atoms with Gasteiger partial charge in [-0.25, -0.2) is 8.42 Å². The average molecular weight is 612 g/mol. The molecule has 42 heavy (non-hydrogen) atoms. The average Bonchev–Trinajstić information content (AvgIpc) is 3.01. The topological polar surface area (TPSA) is 96.0 Å². The van der Waals surface area contributed by atoms with Crippen LogP contribution in [0.4, 0.5) is 5.69 Å². The molecule has 1 aliphatic carbocycles. The lowest BCUT2D eigenvalue weighted by atomic mass is 9.95. The van der Waals surface area contributed by atoms with Gasteiger partial charge in [0.25, 0.3) is 10.0 Å². The van der Waals surface area contributed by atoms with E-state index in [1.54, 1.807) is 60.7 Å². The molecule has 4 rings (SSSR count). The number of benzene rings is 3. The summed E-state index contributed by atoms with van der Waals surface area (Å²) in [7, 11) is -2.62. The van der Waals surface area contributed by atoms with Gasteiger partial charge in [-0.3, -0.25) is 13.9 Å². The number of carbonyl (C=O) groups is 2. The van der Waals surface area contributed by atoms with E-state index < -0.39 is 28.5 Å². The van der Waals surface area contributed by atoms with Crippen molar-refractivity contribution in [3.8, 4) is 5.75 Å². The number of amides is 2. The minimum atomic E-state index is -4.14. The highest BCUT2D eigenvalue weighted by Gasteiger charge is 2.34. The Morgan fingerprint density at radius 1 is 0.952 bits per heavy atom. The van der Waals surface area contributed by atoms with Crippen LogP contribution in [0.3, 0.4) is 0 Å². The van der Waals surface area contributed by atoms with E-state index in [9.17, 15) is 18.0 Å². The lowest BCUT2D eigenvalue weighted by Crippen LogP contribution is -2.54. The van der Waals surface area contributed by atoms with Crippen molar-refractivity contribution >= 4 is 39.1 Å². The summed E-state index contributed by atoms with van der Waals surface area (Å²) in [4.78, 5) is 29.3. The van der Waals surface area contributed by atoms with Crippen LogP contribution in [-0.4, -0.2) is 50.9 Å². The standard InChI is InChI=1S/C32H38ClN3O5S/c1-3-30(32(38)34-25-13-6-4-7-14-25)35(22-24-12-10-11-17-29(24)33)31(37)23-36(26-18-20-27(41-2)21-19-26)42(39,40)28-15-8-5-9-16-28/h5,8-12,15-21,25,30H,3-4,6-7,13-14,22-23H2,1-2H3,(H,34,38)/t30-/m0/s1. The van der Waals surface area contributed by atoms with E-state index in [0.29, 0.717) is 28.4 Å². The molecule has 0 saturated heterocycles. The minimum Gasteiger partial charge on any atom is -0.497 e. The Morgan fingerprint density at radius 2 is 1.60 bits per heavy atom. The third-order valence-electron chi connectivity index (χ3n) is 7.61. The minimum absolute atomic E-state index is 0.0494. The molecule has 224 valence electrons. The summed E-state index contributed by atoms with van der Waals surface area (Å²) in [6, 6.07) is 20.8. The summed E-state index contributed by atoms with van der Waals surface area (Å²) in [5, 5.41) is 3.61. The normalized spacial score (nSPS) is 14.5. The van der Waals surface area contributed by atoms with Gasteiger partial charge in [0.05, 0.1) is 17.7 Å². The smallest absolute Gasteiger partial charge is 0.264 e. The number of halogens is 1. The second-order valence-electron chi connectivity index (χ2n) is 10.4. The molecule has 1 N–H and O–H groups in total. The van der Waals surface area contributed by atoms with Gasteiger partial charge in [-0.1, -0.05) is 74.2 Å². The zero-order valence-electron chi connectivity index (χ0n) is 24.0. The van der Waals surface area contributed by atoms with Crippen LogP contribution in [0.25, 0.3) is 0 Å². The number of anilines is 1. The molecule has 0 unspecified atom stereocenters. The van der Waals surface area contributed by atoms with Gasteiger partial charge in [0, 0.05) is 17.6 Å². The van der Waals surface area contributed by atoms with Crippen LogP contribution in [0.2, 0.25) is 5.02 Å².